The largest absolute Gasteiger partial charge is 0.457 e. The lowest BCUT2D eigenvalue weighted by molar-refractivity contribution is -0.130. The molecule has 3 aromatic carbocycles. The Morgan fingerprint density at radius 1 is 0.795 bits per heavy atom. The molecular formula is C31H32N4O4. The smallest absolute Gasteiger partial charge is 0.275 e. The maximum Gasteiger partial charge on any atom is 0.275 e. The van der Waals surface area contributed by atoms with Gasteiger partial charge < -0.3 is 19.0 Å². The lowest BCUT2D eigenvalue weighted by Gasteiger charge is -2.33. The zero-order chi connectivity index (χ0) is 27.0. The van der Waals surface area contributed by atoms with Crippen LogP contribution in [0.5, 0.6) is 11.5 Å². The quantitative estimate of drug-likeness (QED) is 0.308. The van der Waals surface area contributed by atoms with Gasteiger partial charge in [0.05, 0.1) is 6.54 Å². The summed E-state index contributed by atoms with van der Waals surface area (Å²) >= 11 is 0. The molecule has 0 bridgehead atoms. The van der Waals surface area contributed by atoms with Gasteiger partial charge in [-0.3, -0.25) is 14.5 Å². The highest BCUT2D eigenvalue weighted by Gasteiger charge is 2.25. The van der Waals surface area contributed by atoms with Crippen molar-refractivity contribution in [3.8, 4) is 11.5 Å². The fourth-order valence-electron chi connectivity index (χ4n) is 4.66. The molecule has 4 aromatic rings. The number of aromatic nitrogens is 1. The van der Waals surface area contributed by atoms with Gasteiger partial charge in [0, 0.05) is 46.2 Å². The standard InChI is InChI=1S/C31H32N4O4/c1-24(36)34-15-17-35(18-16-34)31(37)29-23-38-30(32-29)22-33(20-25-9-4-2-5-10-25)21-26-11-8-14-28(19-26)39-27-12-6-3-7-13-27/h2-14,19,23H,15-18,20-22H2,1H3. The lowest BCUT2D eigenvalue weighted by Crippen LogP contribution is -2.50. The third-order valence-electron chi connectivity index (χ3n) is 6.67. The Balaban J connectivity index is 1.28. The topological polar surface area (TPSA) is 79.1 Å². The first-order valence-electron chi connectivity index (χ1n) is 13.1. The van der Waals surface area contributed by atoms with Crippen LogP contribution in [0.15, 0.2) is 95.6 Å². The minimum atomic E-state index is -0.173. The predicted octanol–water partition coefficient (Wildman–Crippen LogP) is 4.97. The summed E-state index contributed by atoms with van der Waals surface area (Å²) < 4.78 is 11.8. The number of hydrogen-bond donors (Lipinski definition) is 0. The van der Waals surface area contributed by atoms with Crippen LogP contribution >= 0.6 is 0 Å². The number of rotatable bonds is 9. The molecule has 0 N–H and O–H groups in total. The van der Waals surface area contributed by atoms with Gasteiger partial charge in [-0.25, -0.2) is 4.98 Å². The SMILES string of the molecule is CC(=O)N1CCN(C(=O)c2coc(CN(Cc3ccccc3)Cc3cccc(Oc4ccccc4)c3)n2)CC1. The Morgan fingerprint density at radius 3 is 2.13 bits per heavy atom. The number of carbonyl (C=O) groups is 2. The van der Waals surface area contributed by atoms with Crippen LogP contribution in [-0.2, 0) is 24.4 Å². The molecule has 2 amide bonds. The van der Waals surface area contributed by atoms with Crippen LogP contribution in [0.4, 0.5) is 0 Å². The van der Waals surface area contributed by atoms with E-state index in [1.165, 1.54) is 11.8 Å². The molecule has 5 rings (SSSR count). The minimum absolute atomic E-state index is 0.0292. The van der Waals surface area contributed by atoms with Gasteiger partial charge in [0.25, 0.3) is 5.91 Å². The number of nitrogens with zero attached hydrogens (tertiary/aromatic N) is 4. The number of piperazine rings is 1. The molecule has 0 spiro atoms. The Hall–Kier alpha value is -4.43. The van der Waals surface area contributed by atoms with Crippen LogP contribution in [0.3, 0.4) is 0 Å². The van der Waals surface area contributed by atoms with Crippen molar-refractivity contribution < 1.29 is 18.7 Å². The fraction of sp³-hybridized carbons (Fsp3) is 0.258. The van der Waals surface area contributed by atoms with Gasteiger partial charge in [-0.1, -0.05) is 60.7 Å². The van der Waals surface area contributed by atoms with E-state index in [0.717, 1.165) is 17.1 Å². The lowest BCUT2D eigenvalue weighted by atomic mass is 10.1. The summed E-state index contributed by atoms with van der Waals surface area (Å²) in [6.07, 6.45) is 1.43. The van der Waals surface area contributed by atoms with Crippen LogP contribution in [-0.4, -0.2) is 57.7 Å². The summed E-state index contributed by atoms with van der Waals surface area (Å²) in [7, 11) is 0. The first-order chi connectivity index (χ1) is 19.0. The molecule has 0 aliphatic carbocycles. The minimum Gasteiger partial charge on any atom is -0.457 e. The zero-order valence-electron chi connectivity index (χ0n) is 22.0. The Kier molecular flexibility index (Phi) is 8.33. The summed E-state index contributed by atoms with van der Waals surface area (Å²) in [6, 6.07) is 28.0. The third kappa shape index (κ3) is 7.12. The summed E-state index contributed by atoms with van der Waals surface area (Å²) in [5.74, 6) is 1.89. The molecule has 39 heavy (non-hydrogen) atoms. The number of amides is 2. The molecule has 2 heterocycles. The molecule has 200 valence electrons. The second kappa shape index (κ2) is 12.4. The van der Waals surface area contributed by atoms with Gasteiger partial charge in [-0.15, -0.1) is 0 Å². The maximum atomic E-state index is 13.0. The average Bonchev–Trinajstić information content (AvgIpc) is 3.42. The number of hydrogen-bond acceptors (Lipinski definition) is 6. The highest BCUT2D eigenvalue weighted by Crippen LogP contribution is 2.23. The maximum absolute atomic E-state index is 13.0. The Bertz CT molecular complexity index is 1380. The first-order valence-corrected chi connectivity index (χ1v) is 13.1. The summed E-state index contributed by atoms with van der Waals surface area (Å²) in [5.41, 5.74) is 2.55. The van der Waals surface area contributed by atoms with Crippen molar-refractivity contribution in [3.05, 3.63) is 114 Å². The van der Waals surface area contributed by atoms with Crippen molar-refractivity contribution in [2.75, 3.05) is 26.2 Å². The van der Waals surface area contributed by atoms with Crippen LogP contribution < -0.4 is 4.74 Å². The van der Waals surface area contributed by atoms with E-state index in [1.807, 2.05) is 66.7 Å². The van der Waals surface area contributed by atoms with Gasteiger partial charge in [0.2, 0.25) is 11.8 Å². The monoisotopic (exact) mass is 524 g/mol. The van der Waals surface area contributed by atoms with E-state index in [-0.39, 0.29) is 11.8 Å². The van der Waals surface area contributed by atoms with Crippen molar-refractivity contribution in [1.82, 2.24) is 19.7 Å². The molecule has 1 fully saturated rings. The van der Waals surface area contributed by atoms with E-state index in [0.29, 0.717) is 57.4 Å². The third-order valence-corrected chi connectivity index (χ3v) is 6.67. The van der Waals surface area contributed by atoms with Gasteiger partial charge >= 0.3 is 0 Å². The molecule has 8 heteroatoms. The van der Waals surface area contributed by atoms with Crippen molar-refractivity contribution in [2.24, 2.45) is 0 Å². The molecule has 0 saturated carbocycles. The first kappa shape index (κ1) is 26.2. The normalized spacial score (nSPS) is 13.5. The van der Waals surface area contributed by atoms with Gasteiger partial charge in [0.15, 0.2) is 5.69 Å². The van der Waals surface area contributed by atoms with E-state index < -0.39 is 0 Å². The second-order valence-electron chi connectivity index (χ2n) is 9.62. The number of para-hydroxylation sites is 1. The highest BCUT2D eigenvalue weighted by atomic mass is 16.5. The molecule has 0 unspecified atom stereocenters. The molecule has 1 aliphatic heterocycles. The molecule has 0 atom stereocenters. The van der Waals surface area contributed by atoms with Crippen LogP contribution in [0.1, 0.15) is 34.4 Å². The number of ether oxygens (including phenoxy) is 1. The van der Waals surface area contributed by atoms with E-state index in [1.54, 1.807) is 16.7 Å². The number of carbonyl (C=O) groups excluding carboxylic acids is 2. The molecule has 1 aromatic heterocycles. The zero-order valence-corrected chi connectivity index (χ0v) is 22.0. The predicted molar refractivity (Wildman–Crippen MR) is 147 cm³/mol. The molecule has 1 aliphatic rings. The van der Waals surface area contributed by atoms with Gasteiger partial charge in [-0.2, -0.15) is 0 Å². The highest BCUT2D eigenvalue weighted by molar-refractivity contribution is 5.92. The van der Waals surface area contributed by atoms with Crippen LogP contribution in [0.25, 0.3) is 0 Å². The van der Waals surface area contributed by atoms with E-state index >= 15 is 0 Å². The van der Waals surface area contributed by atoms with Crippen LogP contribution in [0.2, 0.25) is 0 Å². The van der Waals surface area contributed by atoms with Crippen molar-refractivity contribution in [1.29, 1.82) is 0 Å². The molecule has 0 radical (unpaired) electrons. The second-order valence-corrected chi connectivity index (χ2v) is 9.62. The number of benzene rings is 3. The van der Waals surface area contributed by atoms with Gasteiger partial charge in [0.1, 0.15) is 17.8 Å². The summed E-state index contributed by atoms with van der Waals surface area (Å²) in [5, 5.41) is 0. The average molecular weight is 525 g/mol. The van der Waals surface area contributed by atoms with E-state index in [9.17, 15) is 9.59 Å². The Labute approximate surface area is 228 Å². The number of oxazole rings is 1. The van der Waals surface area contributed by atoms with Crippen molar-refractivity contribution in [2.45, 2.75) is 26.6 Å². The van der Waals surface area contributed by atoms with Crippen LogP contribution in [0, 0.1) is 0 Å². The Morgan fingerprint density at radius 2 is 1.41 bits per heavy atom. The van der Waals surface area contributed by atoms with Crippen molar-refractivity contribution >= 4 is 11.8 Å². The fourth-order valence-corrected chi connectivity index (χ4v) is 4.66. The summed E-state index contributed by atoms with van der Waals surface area (Å²) in [6.45, 7) is 5.35. The molecular weight excluding hydrogens is 492 g/mol. The molecule has 1 saturated heterocycles. The van der Waals surface area contributed by atoms with Crippen molar-refractivity contribution in [3.63, 3.8) is 0 Å². The summed E-state index contributed by atoms with van der Waals surface area (Å²) in [4.78, 5) is 34.8. The van der Waals surface area contributed by atoms with E-state index in [2.05, 4.69) is 28.1 Å². The van der Waals surface area contributed by atoms with E-state index in [4.69, 9.17) is 9.15 Å². The molecule has 8 nitrogen and oxygen atoms in total. The van der Waals surface area contributed by atoms with Gasteiger partial charge in [-0.05, 0) is 35.4 Å².